The van der Waals surface area contributed by atoms with Gasteiger partial charge < -0.3 is 9.84 Å². The van der Waals surface area contributed by atoms with Gasteiger partial charge in [-0.2, -0.15) is 0 Å². The molecule has 2 aromatic carbocycles. The van der Waals surface area contributed by atoms with Crippen LogP contribution in [0.2, 0.25) is 0 Å². The highest BCUT2D eigenvalue weighted by Crippen LogP contribution is 2.17. The van der Waals surface area contributed by atoms with Crippen molar-refractivity contribution in [2.75, 3.05) is 6.54 Å². The van der Waals surface area contributed by atoms with E-state index in [4.69, 9.17) is 4.52 Å². The summed E-state index contributed by atoms with van der Waals surface area (Å²) in [6.45, 7) is 0.670. The average Bonchev–Trinajstić information content (AvgIpc) is 2.96. The Balaban J connectivity index is 1.47. The van der Waals surface area contributed by atoms with Crippen LogP contribution in [0.5, 0.6) is 0 Å². The molecule has 0 saturated carbocycles. The molecule has 1 heterocycles. The normalized spacial score (nSPS) is 10.7. The summed E-state index contributed by atoms with van der Waals surface area (Å²) >= 11 is 0. The Morgan fingerprint density at radius 3 is 2.68 bits per heavy atom. The molecule has 1 N–H and O–H groups in total. The summed E-state index contributed by atoms with van der Waals surface area (Å²) in [4.78, 5) is 12.0. The van der Waals surface area contributed by atoms with Crippen LogP contribution in [-0.4, -0.2) is 17.6 Å². The first-order valence-corrected chi connectivity index (χ1v) is 7.47. The van der Waals surface area contributed by atoms with Gasteiger partial charge in [0.05, 0.1) is 6.42 Å². The number of para-hydroxylation sites is 1. The van der Waals surface area contributed by atoms with E-state index in [9.17, 15) is 4.79 Å². The number of hydrogen-bond donors (Lipinski definition) is 1. The second kappa shape index (κ2) is 6.89. The maximum Gasteiger partial charge on any atom is 0.226 e. The third kappa shape index (κ3) is 3.52. The average molecular weight is 294 g/mol. The van der Waals surface area contributed by atoms with Gasteiger partial charge in [0.2, 0.25) is 5.91 Å². The number of nitrogens with one attached hydrogen (secondary N) is 1. The Morgan fingerprint density at radius 1 is 1.05 bits per heavy atom. The Kier molecular flexibility index (Phi) is 4.49. The zero-order chi connectivity index (χ0) is 15.2. The highest BCUT2D eigenvalue weighted by molar-refractivity contribution is 5.86. The lowest BCUT2D eigenvalue weighted by molar-refractivity contribution is -0.120. The molecule has 0 atom stereocenters. The van der Waals surface area contributed by atoms with Gasteiger partial charge >= 0.3 is 0 Å². The fraction of sp³-hybridized carbons (Fsp3) is 0.222. The van der Waals surface area contributed by atoms with E-state index in [-0.39, 0.29) is 12.3 Å². The molecule has 0 fully saturated rings. The van der Waals surface area contributed by atoms with E-state index in [0.717, 1.165) is 23.8 Å². The number of benzene rings is 2. The molecule has 0 bridgehead atoms. The van der Waals surface area contributed by atoms with E-state index in [1.165, 1.54) is 5.56 Å². The van der Waals surface area contributed by atoms with E-state index < -0.39 is 0 Å². The van der Waals surface area contributed by atoms with E-state index in [0.29, 0.717) is 12.2 Å². The molecule has 0 aliphatic rings. The zero-order valence-electron chi connectivity index (χ0n) is 12.3. The maximum atomic E-state index is 12.0. The summed E-state index contributed by atoms with van der Waals surface area (Å²) in [7, 11) is 0. The smallest absolute Gasteiger partial charge is 0.226 e. The standard InChI is InChI=1S/C18H18N2O2/c21-18(19-12-6-9-14-7-2-1-3-8-14)13-16-15-10-4-5-11-17(15)22-20-16/h1-5,7-8,10-11H,6,9,12-13H2,(H,19,21). The summed E-state index contributed by atoms with van der Waals surface area (Å²) in [5.74, 6) is -0.0212. The largest absolute Gasteiger partial charge is 0.356 e. The van der Waals surface area contributed by atoms with Crippen LogP contribution >= 0.6 is 0 Å². The lowest BCUT2D eigenvalue weighted by atomic mass is 10.1. The van der Waals surface area contributed by atoms with E-state index >= 15 is 0 Å². The molecule has 0 radical (unpaired) electrons. The van der Waals surface area contributed by atoms with Crippen LogP contribution in [0.4, 0.5) is 0 Å². The topological polar surface area (TPSA) is 55.1 Å². The van der Waals surface area contributed by atoms with Crippen LogP contribution in [0.1, 0.15) is 17.7 Å². The minimum absolute atomic E-state index is 0.0212. The number of carbonyl (C=O) groups is 1. The van der Waals surface area contributed by atoms with Gasteiger partial charge in [0.1, 0.15) is 5.69 Å². The molecule has 0 aliphatic heterocycles. The molecule has 3 aromatic rings. The highest BCUT2D eigenvalue weighted by Gasteiger charge is 2.11. The molecule has 0 unspecified atom stereocenters. The molecule has 0 spiro atoms. The van der Waals surface area contributed by atoms with Crippen molar-refractivity contribution in [3.8, 4) is 0 Å². The van der Waals surface area contributed by atoms with E-state index in [1.54, 1.807) is 0 Å². The van der Waals surface area contributed by atoms with Crippen molar-refractivity contribution in [2.24, 2.45) is 0 Å². The first-order valence-electron chi connectivity index (χ1n) is 7.47. The third-order valence-corrected chi connectivity index (χ3v) is 3.59. The van der Waals surface area contributed by atoms with Gasteiger partial charge in [0.25, 0.3) is 0 Å². The Labute approximate surface area is 129 Å². The number of nitrogens with zero attached hydrogens (tertiary/aromatic N) is 1. The fourth-order valence-corrected chi connectivity index (χ4v) is 2.45. The van der Waals surface area contributed by atoms with Gasteiger partial charge in [-0.15, -0.1) is 0 Å². The molecule has 1 aromatic heterocycles. The Morgan fingerprint density at radius 2 is 1.82 bits per heavy atom. The lowest BCUT2D eigenvalue weighted by Crippen LogP contribution is -2.26. The summed E-state index contributed by atoms with van der Waals surface area (Å²) in [6.07, 6.45) is 2.14. The summed E-state index contributed by atoms with van der Waals surface area (Å²) in [5, 5.41) is 7.82. The predicted octanol–water partition coefficient (Wildman–Crippen LogP) is 3.12. The van der Waals surface area contributed by atoms with Crippen molar-refractivity contribution in [1.82, 2.24) is 10.5 Å². The first kappa shape index (κ1) is 14.3. The third-order valence-electron chi connectivity index (χ3n) is 3.59. The second-order valence-corrected chi connectivity index (χ2v) is 5.24. The van der Waals surface area contributed by atoms with Crippen LogP contribution in [0, 0.1) is 0 Å². The quantitative estimate of drug-likeness (QED) is 0.711. The fourth-order valence-electron chi connectivity index (χ4n) is 2.45. The number of amides is 1. The van der Waals surface area contributed by atoms with Gasteiger partial charge in [0, 0.05) is 11.9 Å². The van der Waals surface area contributed by atoms with Gasteiger partial charge in [0.15, 0.2) is 5.58 Å². The number of aromatic nitrogens is 1. The summed E-state index contributed by atoms with van der Waals surface area (Å²) < 4.78 is 5.20. The minimum atomic E-state index is -0.0212. The monoisotopic (exact) mass is 294 g/mol. The molecule has 4 heteroatoms. The van der Waals surface area contributed by atoms with Crippen molar-refractivity contribution in [2.45, 2.75) is 19.3 Å². The SMILES string of the molecule is O=C(Cc1noc2ccccc12)NCCCc1ccccc1. The number of hydrogen-bond acceptors (Lipinski definition) is 3. The van der Waals surface area contributed by atoms with Gasteiger partial charge in [-0.25, -0.2) is 0 Å². The van der Waals surface area contributed by atoms with Crippen molar-refractivity contribution >= 4 is 16.9 Å². The second-order valence-electron chi connectivity index (χ2n) is 5.24. The van der Waals surface area contributed by atoms with Crippen molar-refractivity contribution in [3.05, 3.63) is 65.9 Å². The molecule has 4 nitrogen and oxygen atoms in total. The Hall–Kier alpha value is -2.62. The summed E-state index contributed by atoms with van der Waals surface area (Å²) in [5.41, 5.74) is 2.70. The molecular formula is C18H18N2O2. The number of fused-ring (bicyclic) bond motifs is 1. The van der Waals surface area contributed by atoms with E-state index in [2.05, 4.69) is 22.6 Å². The van der Waals surface area contributed by atoms with Crippen LogP contribution in [0.3, 0.4) is 0 Å². The molecule has 112 valence electrons. The number of aryl methyl sites for hydroxylation is 1. The zero-order valence-corrected chi connectivity index (χ0v) is 12.3. The molecule has 1 amide bonds. The first-order chi connectivity index (χ1) is 10.8. The van der Waals surface area contributed by atoms with Gasteiger partial charge in [-0.1, -0.05) is 47.6 Å². The highest BCUT2D eigenvalue weighted by atomic mass is 16.5. The Bertz CT molecular complexity index is 750. The number of carbonyl (C=O) groups excluding carboxylic acids is 1. The van der Waals surface area contributed by atoms with Crippen LogP contribution in [-0.2, 0) is 17.6 Å². The minimum Gasteiger partial charge on any atom is -0.356 e. The van der Waals surface area contributed by atoms with Crippen LogP contribution < -0.4 is 5.32 Å². The molecule has 22 heavy (non-hydrogen) atoms. The molecule has 3 rings (SSSR count). The predicted molar refractivity (Wildman–Crippen MR) is 85.5 cm³/mol. The van der Waals surface area contributed by atoms with E-state index in [1.807, 2.05) is 42.5 Å². The van der Waals surface area contributed by atoms with Crippen molar-refractivity contribution in [3.63, 3.8) is 0 Å². The summed E-state index contributed by atoms with van der Waals surface area (Å²) in [6, 6.07) is 17.8. The number of rotatable bonds is 6. The van der Waals surface area contributed by atoms with Crippen molar-refractivity contribution in [1.29, 1.82) is 0 Å². The molecule has 0 saturated heterocycles. The van der Waals surface area contributed by atoms with Crippen LogP contribution in [0.25, 0.3) is 11.0 Å². The van der Waals surface area contributed by atoms with Gasteiger partial charge in [-0.3, -0.25) is 4.79 Å². The van der Waals surface area contributed by atoms with Crippen molar-refractivity contribution < 1.29 is 9.32 Å². The lowest BCUT2D eigenvalue weighted by Gasteiger charge is -2.04. The maximum absolute atomic E-state index is 12.0. The molecule has 0 aliphatic carbocycles. The van der Waals surface area contributed by atoms with Gasteiger partial charge in [-0.05, 0) is 30.5 Å². The molecular weight excluding hydrogens is 276 g/mol. The van der Waals surface area contributed by atoms with Crippen LogP contribution in [0.15, 0.2) is 59.1 Å².